The van der Waals surface area contributed by atoms with Crippen LogP contribution in [0.25, 0.3) is 0 Å². The minimum absolute atomic E-state index is 0.366. The van der Waals surface area contributed by atoms with Gasteiger partial charge in [-0.25, -0.2) is 4.39 Å². The number of benzene rings is 1. The van der Waals surface area contributed by atoms with Gasteiger partial charge in [-0.1, -0.05) is 12.1 Å². The van der Waals surface area contributed by atoms with Gasteiger partial charge in [-0.05, 0) is 11.6 Å². The molecule has 0 aliphatic carbocycles. The van der Waals surface area contributed by atoms with Gasteiger partial charge in [0, 0.05) is 6.42 Å². The highest BCUT2D eigenvalue weighted by molar-refractivity contribution is 5.73. The molecule has 0 saturated carbocycles. The number of aliphatic carboxylic acids is 1. The largest absolute Gasteiger partial charge is 0.480 e. The van der Waals surface area contributed by atoms with E-state index in [1.807, 2.05) is 0 Å². The highest BCUT2D eigenvalue weighted by atomic mass is 19.4. The molecule has 3 N–H and O–H groups in total. The van der Waals surface area contributed by atoms with Crippen LogP contribution in [0.2, 0.25) is 0 Å². The topological polar surface area (TPSA) is 63.3 Å². The Morgan fingerprint density at radius 2 is 2.00 bits per heavy atom. The lowest BCUT2D eigenvalue weighted by Crippen LogP contribution is -2.32. The minimum atomic E-state index is -4.81. The van der Waals surface area contributed by atoms with E-state index in [0.717, 1.165) is 12.1 Å². The van der Waals surface area contributed by atoms with Crippen LogP contribution in [0.5, 0.6) is 0 Å². The molecule has 0 bridgehead atoms. The minimum Gasteiger partial charge on any atom is -0.480 e. The highest BCUT2D eigenvalue weighted by Gasteiger charge is 2.35. The van der Waals surface area contributed by atoms with E-state index in [1.54, 1.807) is 0 Å². The maximum atomic E-state index is 13.4. The van der Waals surface area contributed by atoms with Crippen molar-refractivity contribution in [3.05, 3.63) is 35.1 Å². The summed E-state index contributed by atoms with van der Waals surface area (Å²) in [5.74, 6) is -2.88. The molecule has 1 rings (SSSR count). The van der Waals surface area contributed by atoms with E-state index < -0.39 is 36.0 Å². The molecule has 17 heavy (non-hydrogen) atoms. The zero-order chi connectivity index (χ0) is 13.2. The molecular formula is C10H9F4NO2. The zero-order valence-corrected chi connectivity index (χ0v) is 8.46. The van der Waals surface area contributed by atoms with E-state index in [1.165, 1.54) is 0 Å². The van der Waals surface area contributed by atoms with Crippen molar-refractivity contribution < 1.29 is 27.5 Å². The lowest BCUT2D eigenvalue weighted by atomic mass is 10.0. The van der Waals surface area contributed by atoms with Crippen molar-refractivity contribution in [1.82, 2.24) is 0 Å². The first-order chi connectivity index (χ1) is 7.73. The number of nitrogens with two attached hydrogens (primary N) is 1. The van der Waals surface area contributed by atoms with Crippen molar-refractivity contribution in [2.24, 2.45) is 5.73 Å². The van der Waals surface area contributed by atoms with E-state index in [9.17, 15) is 22.4 Å². The van der Waals surface area contributed by atoms with Crippen LogP contribution in [0.4, 0.5) is 17.6 Å². The van der Waals surface area contributed by atoms with Crippen LogP contribution in [0.15, 0.2) is 18.2 Å². The first-order valence-electron chi connectivity index (χ1n) is 4.56. The van der Waals surface area contributed by atoms with Gasteiger partial charge in [-0.15, -0.1) is 0 Å². The third-order valence-corrected chi connectivity index (χ3v) is 2.14. The molecule has 1 aromatic rings. The number of carboxylic acids is 1. The molecule has 0 saturated heterocycles. The van der Waals surface area contributed by atoms with Gasteiger partial charge < -0.3 is 10.8 Å². The second-order valence-electron chi connectivity index (χ2n) is 3.43. The Hall–Kier alpha value is -1.63. The highest BCUT2D eigenvalue weighted by Crippen LogP contribution is 2.32. The molecule has 0 unspecified atom stereocenters. The van der Waals surface area contributed by atoms with Gasteiger partial charge in [0.25, 0.3) is 0 Å². The molecule has 0 radical (unpaired) electrons. The summed E-state index contributed by atoms with van der Waals surface area (Å²) in [4.78, 5) is 10.4. The van der Waals surface area contributed by atoms with Gasteiger partial charge in [0.1, 0.15) is 11.9 Å². The fraction of sp³-hybridized carbons (Fsp3) is 0.300. The molecule has 1 atom stereocenters. The predicted octanol–water partition coefficient (Wildman–Crippen LogP) is 1.80. The number of carbonyl (C=O) groups is 1. The average Bonchev–Trinajstić information content (AvgIpc) is 2.19. The smallest absolute Gasteiger partial charge is 0.419 e. The molecule has 0 fully saturated rings. The maximum absolute atomic E-state index is 13.4. The molecule has 3 nitrogen and oxygen atoms in total. The molecule has 94 valence electrons. The van der Waals surface area contributed by atoms with E-state index in [4.69, 9.17) is 10.8 Å². The number of hydrogen-bond acceptors (Lipinski definition) is 2. The monoisotopic (exact) mass is 251 g/mol. The van der Waals surface area contributed by atoms with Gasteiger partial charge >= 0.3 is 12.1 Å². The summed E-state index contributed by atoms with van der Waals surface area (Å²) in [7, 11) is 0. The lowest BCUT2D eigenvalue weighted by molar-refractivity contribution is -0.140. The summed E-state index contributed by atoms with van der Waals surface area (Å²) >= 11 is 0. The molecule has 0 aliphatic heterocycles. The normalized spacial score (nSPS) is 13.5. The van der Waals surface area contributed by atoms with Crippen LogP contribution in [0.1, 0.15) is 11.1 Å². The standard InChI is InChI=1S/C10H9F4NO2/c11-8-5(4-7(15)9(16)17)2-1-3-6(8)10(12,13)14/h1-3,7H,4,15H2,(H,16,17)/t7-/m1/s1. The molecular weight excluding hydrogens is 242 g/mol. The Bertz CT molecular complexity index is 431. The summed E-state index contributed by atoms with van der Waals surface area (Å²) < 4.78 is 50.4. The van der Waals surface area contributed by atoms with Crippen LogP contribution in [-0.4, -0.2) is 17.1 Å². The Balaban J connectivity index is 3.07. The van der Waals surface area contributed by atoms with Gasteiger partial charge in [-0.2, -0.15) is 13.2 Å². The van der Waals surface area contributed by atoms with Crippen LogP contribution < -0.4 is 5.73 Å². The van der Waals surface area contributed by atoms with Gasteiger partial charge in [0.15, 0.2) is 0 Å². The Morgan fingerprint density at radius 3 is 2.47 bits per heavy atom. The van der Waals surface area contributed by atoms with Crippen molar-refractivity contribution in [3.8, 4) is 0 Å². The molecule has 0 spiro atoms. The maximum Gasteiger partial charge on any atom is 0.419 e. The van der Waals surface area contributed by atoms with Crippen molar-refractivity contribution in [1.29, 1.82) is 0 Å². The number of rotatable bonds is 3. The molecule has 1 aromatic carbocycles. The Morgan fingerprint density at radius 1 is 1.41 bits per heavy atom. The third-order valence-electron chi connectivity index (χ3n) is 2.14. The van der Waals surface area contributed by atoms with Crippen LogP contribution in [0, 0.1) is 5.82 Å². The number of carboxylic acid groups (broad SMARTS) is 1. The van der Waals surface area contributed by atoms with Crippen molar-refractivity contribution in [3.63, 3.8) is 0 Å². The fourth-order valence-electron chi connectivity index (χ4n) is 1.28. The van der Waals surface area contributed by atoms with Crippen molar-refractivity contribution in [2.45, 2.75) is 18.6 Å². The van der Waals surface area contributed by atoms with Crippen molar-refractivity contribution >= 4 is 5.97 Å². The van der Waals surface area contributed by atoms with E-state index in [0.29, 0.717) is 6.07 Å². The third kappa shape index (κ3) is 3.16. The fourth-order valence-corrected chi connectivity index (χ4v) is 1.28. The van der Waals surface area contributed by atoms with Crippen LogP contribution in [0.3, 0.4) is 0 Å². The summed E-state index contributed by atoms with van der Waals surface area (Å²) in [5.41, 5.74) is 3.34. The molecule has 0 aliphatic rings. The molecule has 0 heterocycles. The van der Waals surface area contributed by atoms with E-state index in [2.05, 4.69) is 0 Å². The Labute approximate surface area is 93.8 Å². The number of halogens is 4. The van der Waals surface area contributed by atoms with E-state index >= 15 is 0 Å². The summed E-state index contributed by atoms with van der Waals surface area (Å²) in [5, 5.41) is 8.49. The second kappa shape index (κ2) is 4.70. The van der Waals surface area contributed by atoms with Crippen molar-refractivity contribution in [2.75, 3.05) is 0 Å². The Kier molecular flexibility index (Phi) is 3.72. The zero-order valence-electron chi connectivity index (χ0n) is 8.46. The van der Waals surface area contributed by atoms with Gasteiger partial charge in [-0.3, -0.25) is 4.79 Å². The van der Waals surface area contributed by atoms with Crippen LogP contribution >= 0.6 is 0 Å². The average molecular weight is 251 g/mol. The van der Waals surface area contributed by atoms with Gasteiger partial charge in [0.2, 0.25) is 0 Å². The predicted molar refractivity (Wildman–Crippen MR) is 50.7 cm³/mol. The second-order valence-corrected chi connectivity index (χ2v) is 3.43. The molecule has 0 amide bonds. The summed E-state index contributed by atoms with van der Waals surface area (Å²) in [6.07, 6.45) is -5.31. The molecule has 0 aromatic heterocycles. The van der Waals surface area contributed by atoms with Gasteiger partial charge in [0.05, 0.1) is 5.56 Å². The first kappa shape index (κ1) is 13.4. The number of alkyl halides is 3. The molecule has 7 heteroatoms. The lowest BCUT2D eigenvalue weighted by Gasteiger charge is -2.12. The summed E-state index contributed by atoms with van der Waals surface area (Å²) in [6.45, 7) is 0. The first-order valence-corrected chi connectivity index (χ1v) is 4.56. The summed E-state index contributed by atoms with van der Waals surface area (Å²) in [6, 6.07) is 1.24. The quantitative estimate of drug-likeness (QED) is 0.805. The van der Waals surface area contributed by atoms with E-state index in [-0.39, 0.29) is 5.56 Å². The SMILES string of the molecule is N[C@H](Cc1cccc(C(F)(F)F)c1F)C(=O)O. The van der Waals surface area contributed by atoms with Crippen LogP contribution in [-0.2, 0) is 17.4 Å². The number of hydrogen-bond donors (Lipinski definition) is 2.